The molecule has 0 bridgehead atoms. The van der Waals surface area contributed by atoms with E-state index in [9.17, 15) is 0 Å². The summed E-state index contributed by atoms with van der Waals surface area (Å²) >= 11 is 7.27. The molecule has 86 valence electrons. The van der Waals surface area contributed by atoms with Crippen LogP contribution in [0.2, 0.25) is 0 Å². The fraction of sp³-hybridized carbons (Fsp3) is 0.727. The Kier molecular flexibility index (Phi) is 4.84. The number of alkyl halides is 2. The Morgan fingerprint density at radius 3 is 2.33 bits per heavy atom. The number of rotatable bonds is 5. The van der Waals surface area contributed by atoms with Gasteiger partial charge in [-0.05, 0) is 23.8 Å². The van der Waals surface area contributed by atoms with Crippen LogP contribution in [0.3, 0.4) is 0 Å². The average molecular weight is 338 g/mol. The third-order valence-corrected chi connectivity index (χ3v) is 5.29. The minimum Gasteiger partial charge on any atom is -0.276 e. The van der Waals surface area contributed by atoms with Gasteiger partial charge in [0.05, 0.1) is 5.69 Å². The highest BCUT2D eigenvalue weighted by Crippen LogP contribution is 2.35. The summed E-state index contributed by atoms with van der Waals surface area (Å²) in [5.74, 6) is 0.623. The van der Waals surface area contributed by atoms with E-state index in [2.05, 4.69) is 56.9 Å². The van der Waals surface area contributed by atoms with Crippen LogP contribution in [0.5, 0.6) is 0 Å². The smallest absolute Gasteiger partial charge is 0.0630 e. The second-order valence-electron chi connectivity index (χ2n) is 4.44. The molecule has 0 aliphatic rings. The van der Waals surface area contributed by atoms with E-state index in [0.29, 0.717) is 5.92 Å². The number of hydrogen-bond acceptors (Lipinski definition) is 1. The lowest BCUT2D eigenvalue weighted by atomic mass is 9.77. The Hall–Kier alpha value is 0.170. The van der Waals surface area contributed by atoms with Gasteiger partial charge in [0.1, 0.15) is 0 Å². The van der Waals surface area contributed by atoms with Crippen molar-refractivity contribution < 1.29 is 0 Å². The minimum absolute atomic E-state index is 0.258. The monoisotopic (exact) mass is 336 g/mol. The topological polar surface area (TPSA) is 17.8 Å². The van der Waals surface area contributed by atoms with E-state index in [1.54, 1.807) is 0 Å². The first-order chi connectivity index (χ1) is 7.04. The van der Waals surface area contributed by atoms with Gasteiger partial charge >= 0.3 is 0 Å². The van der Waals surface area contributed by atoms with Crippen LogP contribution in [0, 0.1) is 11.3 Å². The third-order valence-electron chi connectivity index (χ3n) is 3.06. The molecule has 0 saturated carbocycles. The molecular weight excluding hydrogens is 320 g/mol. The zero-order valence-electron chi connectivity index (χ0n) is 9.50. The van der Waals surface area contributed by atoms with Gasteiger partial charge in [0, 0.05) is 23.9 Å². The van der Waals surface area contributed by atoms with Crippen LogP contribution >= 0.6 is 31.9 Å². The van der Waals surface area contributed by atoms with E-state index in [-0.39, 0.29) is 5.41 Å². The quantitative estimate of drug-likeness (QED) is 0.753. The van der Waals surface area contributed by atoms with Crippen LogP contribution in [0.1, 0.15) is 19.5 Å². The van der Waals surface area contributed by atoms with Gasteiger partial charge < -0.3 is 0 Å². The highest BCUT2D eigenvalue weighted by molar-refractivity contribution is 9.09. The van der Waals surface area contributed by atoms with Crippen molar-refractivity contribution in [3.63, 3.8) is 0 Å². The van der Waals surface area contributed by atoms with Gasteiger partial charge in [-0.3, -0.25) is 4.68 Å². The van der Waals surface area contributed by atoms with Gasteiger partial charge in [-0.2, -0.15) is 5.10 Å². The maximum Gasteiger partial charge on any atom is 0.0630 e. The highest BCUT2D eigenvalue weighted by atomic mass is 79.9. The SMILES string of the molecule is CC(C)C(CBr)(CBr)Cc1ccn(C)n1. The minimum atomic E-state index is 0.258. The van der Waals surface area contributed by atoms with Crippen molar-refractivity contribution in [3.8, 4) is 0 Å². The molecule has 0 unspecified atom stereocenters. The molecule has 0 amide bonds. The molecule has 0 fully saturated rings. The third kappa shape index (κ3) is 3.06. The maximum atomic E-state index is 4.45. The van der Waals surface area contributed by atoms with E-state index in [4.69, 9.17) is 0 Å². The Labute approximate surface area is 109 Å². The van der Waals surface area contributed by atoms with Gasteiger partial charge in [-0.15, -0.1) is 0 Å². The second-order valence-corrected chi connectivity index (χ2v) is 5.56. The first-order valence-electron chi connectivity index (χ1n) is 5.14. The highest BCUT2D eigenvalue weighted by Gasteiger charge is 2.32. The molecule has 4 heteroatoms. The average Bonchev–Trinajstić information content (AvgIpc) is 2.60. The van der Waals surface area contributed by atoms with Crippen LogP contribution in [-0.2, 0) is 13.5 Å². The van der Waals surface area contributed by atoms with E-state index < -0.39 is 0 Å². The first kappa shape index (κ1) is 13.2. The van der Waals surface area contributed by atoms with Crippen molar-refractivity contribution in [2.45, 2.75) is 20.3 Å². The van der Waals surface area contributed by atoms with Gasteiger partial charge in [-0.1, -0.05) is 45.7 Å². The molecular formula is C11H18Br2N2. The number of aryl methyl sites for hydroxylation is 1. The summed E-state index contributed by atoms with van der Waals surface area (Å²) in [7, 11) is 1.96. The summed E-state index contributed by atoms with van der Waals surface area (Å²) in [5, 5.41) is 6.45. The Morgan fingerprint density at radius 1 is 1.40 bits per heavy atom. The van der Waals surface area contributed by atoms with Gasteiger partial charge in [0.15, 0.2) is 0 Å². The molecule has 0 atom stereocenters. The van der Waals surface area contributed by atoms with Gasteiger partial charge in [0.25, 0.3) is 0 Å². The summed E-state index contributed by atoms with van der Waals surface area (Å²) in [6.45, 7) is 4.54. The van der Waals surface area contributed by atoms with Crippen LogP contribution in [0.25, 0.3) is 0 Å². The Morgan fingerprint density at radius 2 is 2.00 bits per heavy atom. The van der Waals surface area contributed by atoms with E-state index in [1.807, 2.05) is 17.9 Å². The molecule has 1 heterocycles. The van der Waals surface area contributed by atoms with Crippen molar-refractivity contribution >= 4 is 31.9 Å². The van der Waals surface area contributed by atoms with E-state index in [0.717, 1.165) is 17.1 Å². The zero-order chi connectivity index (χ0) is 11.5. The number of nitrogens with zero attached hydrogens (tertiary/aromatic N) is 2. The molecule has 0 aromatic carbocycles. The second kappa shape index (κ2) is 5.48. The van der Waals surface area contributed by atoms with Crippen LogP contribution in [-0.4, -0.2) is 20.4 Å². The van der Waals surface area contributed by atoms with Crippen LogP contribution < -0.4 is 0 Å². The van der Waals surface area contributed by atoms with Crippen molar-refractivity contribution in [3.05, 3.63) is 18.0 Å². The molecule has 0 aliphatic carbocycles. The maximum absolute atomic E-state index is 4.45. The summed E-state index contributed by atoms with van der Waals surface area (Å²) in [4.78, 5) is 0. The molecule has 1 aromatic rings. The van der Waals surface area contributed by atoms with Gasteiger partial charge in [0.2, 0.25) is 0 Å². The van der Waals surface area contributed by atoms with Crippen LogP contribution in [0.4, 0.5) is 0 Å². The van der Waals surface area contributed by atoms with Crippen molar-refractivity contribution in [1.29, 1.82) is 0 Å². The molecule has 0 aliphatic heterocycles. The molecule has 2 nitrogen and oxygen atoms in total. The lowest BCUT2D eigenvalue weighted by Gasteiger charge is -2.33. The standard InChI is InChI=1S/C11H18Br2N2/c1-9(2)11(7-12,8-13)6-10-4-5-15(3)14-10/h4-5,9H,6-8H2,1-3H3. The summed E-state index contributed by atoms with van der Waals surface area (Å²) < 4.78 is 1.86. The Bertz CT molecular complexity index is 303. The van der Waals surface area contributed by atoms with Crippen molar-refractivity contribution in [1.82, 2.24) is 9.78 Å². The van der Waals surface area contributed by atoms with Gasteiger partial charge in [-0.25, -0.2) is 0 Å². The fourth-order valence-corrected chi connectivity index (χ4v) is 4.18. The molecule has 0 N–H and O–H groups in total. The molecule has 0 radical (unpaired) electrons. The summed E-state index contributed by atoms with van der Waals surface area (Å²) in [5.41, 5.74) is 1.43. The molecule has 1 rings (SSSR count). The Balaban J connectivity index is 2.83. The number of aromatic nitrogens is 2. The molecule has 0 spiro atoms. The largest absolute Gasteiger partial charge is 0.276 e. The first-order valence-corrected chi connectivity index (χ1v) is 7.39. The van der Waals surface area contributed by atoms with Crippen LogP contribution in [0.15, 0.2) is 12.3 Å². The number of halogens is 2. The summed E-state index contributed by atoms with van der Waals surface area (Å²) in [6, 6.07) is 2.10. The fourth-order valence-electron chi connectivity index (χ4n) is 1.56. The van der Waals surface area contributed by atoms with Crippen molar-refractivity contribution in [2.24, 2.45) is 18.4 Å². The zero-order valence-corrected chi connectivity index (χ0v) is 12.7. The lowest BCUT2D eigenvalue weighted by Crippen LogP contribution is -2.33. The lowest BCUT2D eigenvalue weighted by molar-refractivity contribution is 0.265. The predicted octanol–water partition coefficient (Wildman–Crippen LogP) is 3.39. The molecule has 0 saturated heterocycles. The predicted molar refractivity (Wildman–Crippen MR) is 71.8 cm³/mol. The van der Waals surface area contributed by atoms with Crippen molar-refractivity contribution in [2.75, 3.05) is 10.7 Å². The van der Waals surface area contributed by atoms with E-state index in [1.165, 1.54) is 5.69 Å². The normalized spacial score (nSPS) is 12.4. The molecule has 15 heavy (non-hydrogen) atoms. The molecule has 1 aromatic heterocycles. The van der Waals surface area contributed by atoms with E-state index >= 15 is 0 Å². The summed E-state index contributed by atoms with van der Waals surface area (Å²) in [6.07, 6.45) is 3.02. The number of hydrogen-bond donors (Lipinski definition) is 0.